The van der Waals surface area contributed by atoms with Crippen LogP contribution in [-0.4, -0.2) is 23.7 Å². The normalized spacial score (nSPS) is 12.4. The Morgan fingerprint density at radius 2 is 0.826 bits per heavy atom. The number of carbonyl (C=O) groups is 2. The molecule has 1 atom stereocenters. The molecule has 0 saturated carbocycles. The first-order chi connectivity index (χ1) is 22.6. The number of carboxylic acids is 1. The maximum absolute atomic E-state index is 12.0. The Morgan fingerprint density at radius 3 is 1.24 bits per heavy atom. The molecule has 4 heteroatoms. The van der Waals surface area contributed by atoms with Gasteiger partial charge in [-0.25, -0.2) is 0 Å². The van der Waals surface area contributed by atoms with E-state index < -0.39 is 5.97 Å². The van der Waals surface area contributed by atoms with Gasteiger partial charge in [-0.1, -0.05) is 160 Å². The summed E-state index contributed by atoms with van der Waals surface area (Å²) in [5.41, 5.74) is 0. The lowest BCUT2D eigenvalue weighted by Gasteiger charge is -2.12. The van der Waals surface area contributed by atoms with Crippen molar-refractivity contribution in [1.29, 1.82) is 0 Å². The second-order valence-electron chi connectivity index (χ2n) is 13.8. The second-order valence-corrected chi connectivity index (χ2v) is 13.8. The van der Waals surface area contributed by atoms with Gasteiger partial charge in [0, 0.05) is 6.42 Å². The van der Waals surface area contributed by atoms with E-state index in [-0.39, 0.29) is 11.9 Å². The number of allylic oxidation sites excluding steroid dienone is 4. The van der Waals surface area contributed by atoms with Gasteiger partial charge in [0.25, 0.3) is 0 Å². The quantitative estimate of drug-likeness (QED) is 0.0414. The molecule has 0 aromatic rings. The molecule has 0 bridgehead atoms. The van der Waals surface area contributed by atoms with Crippen molar-refractivity contribution in [3.05, 3.63) is 24.3 Å². The van der Waals surface area contributed by atoms with Crippen molar-refractivity contribution in [3.63, 3.8) is 0 Å². The van der Waals surface area contributed by atoms with Crippen LogP contribution in [0.4, 0.5) is 0 Å². The highest BCUT2D eigenvalue weighted by molar-refractivity contribution is 5.70. The molecule has 0 aliphatic heterocycles. The summed E-state index contributed by atoms with van der Waals surface area (Å²) in [7, 11) is 0. The summed E-state index contributed by atoms with van der Waals surface area (Å²) < 4.78 is 5.41. The predicted molar refractivity (Wildman–Crippen MR) is 199 cm³/mol. The summed E-state index contributed by atoms with van der Waals surface area (Å²) in [6, 6.07) is 0. The molecule has 4 nitrogen and oxygen atoms in total. The summed E-state index contributed by atoms with van der Waals surface area (Å²) >= 11 is 0. The minimum atomic E-state index is -0.637. The van der Waals surface area contributed by atoms with Crippen molar-refractivity contribution in [2.24, 2.45) is 5.92 Å². The minimum Gasteiger partial charge on any atom is -0.481 e. The van der Waals surface area contributed by atoms with Gasteiger partial charge in [0.05, 0.1) is 12.5 Å². The van der Waals surface area contributed by atoms with E-state index in [9.17, 15) is 14.7 Å². The third-order valence-corrected chi connectivity index (χ3v) is 9.27. The Labute approximate surface area is 287 Å². The van der Waals surface area contributed by atoms with Crippen LogP contribution >= 0.6 is 0 Å². The van der Waals surface area contributed by atoms with Gasteiger partial charge in [0.1, 0.15) is 0 Å². The molecule has 1 N–H and O–H groups in total. The summed E-state index contributed by atoms with van der Waals surface area (Å²) in [6.45, 7) is 5.03. The highest BCUT2D eigenvalue weighted by Crippen LogP contribution is 2.19. The fraction of sp³-hybridized carbons (Fsp3) is 0.857. The molecule has 0 heterocycles. The molecule has 0 aromatic heterocycles. The van der Waals surface area contributed by atoms with Crippen molar-refractivity contribution < 1.29 is 19.4 Å². The van der Waals surface area contributed by atoms with Crippen LogP contribution in [0.1, 0.15) is 219 Å². The zero-order valence-electron chi connectivity index (χ0n) is 30.9. The number of aliphatic carboxylic acids is 1. The molecule has 1 unspecified atom stereocenters. The zero-order valence-corrected chi connectivity index (χ0v) is 30.9. The smallest absolute Gasteiger partial charge is 0.306 e. The number of rotatable bonds is 37. The molecule has 0 aliphatic carbocycles. The molecular weight excluding hydrogens is 568 g/mol. The average molecular weight is 647 g/mol. The summed E-state index contributed by atoms with van der Waals surface area (Å²) in [5, 5.41) is 9.61. The first-order valence-corrected chi connectivity index (χ1v) is 20.3. The number of hydrogen-bond acceptors (Lipinski definition) is 3. The number of esters is 1. The zero-order chi connectivity index (χ0) is 33.6. The molecule has 46 heavy (non-hydrogen) atoms. The largest absolute Gasteiger partial charge is 0.481 e. The molecular formula is C42H78O4. The van der Waals surface area contributed by atoms with Gasteiger partial charge < -0.3 is 9.84 Å². The molecule has 0 fully saturated rings. The SMILES string of the molecule is CCCCCCCC/C=C\CCCCCCCC(=O)OCCCCCCC(CCCCCC/C=C\CCCCCCCC)C(=O)O. The highest BCUT2D eigenvalue weighted by Gasteiger charge is 2.16. The van der Waals surface area contributed by atoms with Crippen molar-refractivity contribution in [2.45, 2.75) is 219 Å². The maximum atomic E-state index is 12.0. The third-order valence-electron chi connectivity index (χ3n) is 9.27. The lowest BCUT2D eigenvalue weighted by molar-refractivity contribution is -0.144. The molecule has 0 saturated heterocycles. The first kappa shape index (κ1) is 44.4. The van der Waals surface area contributed by atoms with E-state index in [1.54, 1.807) is 0 Å². The average Bonchev–Trinajstić information content (AvgIpc) is 3.05. The topological polar surface area (TPSA) is 63.6 Å². The summed E-state index contributed by atoms with van der Waals surface area (Å²) in [6.07, 6.45) is 46.8. The Balaban J connectivity index is 3.51. The molecule has 270 valence electrons. The Hall–Kier alpha value is -1.58. The Kier molecular flexibility index (Phi) is 36.6. The molecule has 0 aromatic carbocycles. The van der Waals surface area contributed by atoms with Crippen LogP contribution < -0.4 is 0 Å². The van der Waals surface area contributed by atoms with Crippen LogP contribution in [-0.2, 0) is 14.3 Å². The van der Waals surface area contributed by atoms with Crippen LogP contribution in [0.25, 0.3) is 0 Å². The number of carboxylic acid groups (broad SMARTS) is 1. The predicted octanol–water partition coefficient (Wildman–Crippen LogP) is 13.9. The van der Waals surface area contributed by atoms with E-state index in [1.807, 2.05) is 0 Å². The number of carbonyl (C=O) groups excluding carboxylic acids is 1. The van der Waals surface area contributed by atoms with Crippen molar-refractivity contribution >= 4 is 11.9 Å². The van der Waals surface area contributed by atoms with E-state index in [1.165, 1.54) is 128 Å². The van der Waals surface area contributed by atoms with E-state index in [0.717, 1.165) is 70.6 Å². The summed E-state index contributed by atoms with van der Waals surface area (Å²) in [5.74, 6) is -0.906. The van der Waals surface area contributed by atoms with Gasteiger partial charge in [0.2, 0.25) is 0 Å². The van der Waals surface area contributed by atoms with E-state index >= 15 is 0 Å². The maximum Gasteiger partial charge on any atom is 0.306 e. The number of hydrogen-bond donors (Lipinski definition) is 1. The lowest BCUT2D eigenvalue weighted by atomic mass is 9.94. The van der Waals surface area contributed by atoms with Crippen molar-refractivity contribution in [3.8, 4) is 0 Å². The van der Waals surface area contributed by atoms with Gasteiger partial charge in [-0.05, 0) is 77.0 Å². The summed E-state index contributed by atoms with van der Waals surface area (Å²) in [4.78, 5) is 23.7. The monoisotopic (exact) mass is 647 g/mol. The fourth-order valence-corrected chi connectivity index (χ4v) is 6.12. The Morgan fingerprint density at radius 1 is 0.478 bits per heavy atom. The molecule has 0 amide bonds. The third kappa shape index (κ3) is 35.3. The minimum absolute atomic E-state index is 0.0623. The van der Waals surface area contributed by atoms with E-state index in [4.69, 9.17) is 4.74 Å². The second kappa shape index (κ2) is 37.9. The van der Waals surface area contributed by atoms with Crippen molar-refractivity contribution in [2.75, 3.05) is 6.61 Å². The number of ether oxygens (including phenoxy) is 1. The van der Waals surface area contributed by atoms with Crippen LogP contribution in [0.2, 0.25) is 0 Å². The standard InChI is InChI=1S/C42H78O4/c1-3-5-7-9-11-13-15-17-19-21-23-25-27-29-34-38-41(43)46-39-35-31-30-33-37-40(42(44)45)36-32-28-26-24-22-20-18-16-14-12-10-8-6-4-2/h17-20,40H,3-16,21-39H2,1-2H3,(H,44,45)/b19-17-,20-18-. The van der Waals surface area contributed by atoms with Crippen LogP contribution in [0, 0.1) is 5.92 Å². The Bertz CT molecular complexity index is 698. The lowest BCUT2D eigenvalue weighted by Crippen LogP contribution is -2.13. The van der Waals surface area contributed by atoms with Crippen LogP contribution in [0.3, 0.4) is 0 Å². The van der Waals surface area contributed by atoms with E-state index in [2.05, 4.69) is 38.2 Å². The first-order valence-electron chi connectivity index (χ1n) is 20.3. The molecule has 0 radical (unpaired) electrons. The van der Waals surface area contributed by atoms with Crippen LogP contribution in [0.15, 0.2) is 24.3 Å². The number of unbranched alkanes of at least 4 members (excludes halogenated alkanes) is 24. The van der Waals surface area contributed by atoms with Crippen LogP contribution in [0.5, 0.6) is 0 Å². The molecule has 0 rings (SSSR count). The van der Waals surface area contributed by atoms with Gasteiger partial charge in [-0.15, -0.1) is 0 Å². The molecule has 0 spiro atoms. The van der Waals surface area contributed by atoms with Gasteiger partial charge in [-0.3, -0.25) is 9.59 Å². The van der Waals surface area contributed by atoms with Gasteiger partial charge >= 0.3 is 11.9 Å². The van der Waals surface area contributed by atoms with Gasteiger partial charge in [0.15, 0.2) is 0 Å². The van der Waals surface area contributed by atoms with E-state index in [0.29, 0.717) is 13.0 Å². The highest BCUT2D eigenvalue weighted by atomic mass is 16.5. The fourth-order valence-electron chi connectivity index (χ4n) is 6.12. The van der Waals surface area contributed by atoms with Gasteiger partial charge in [-0.2, -0.15) is 0 Å². The molecule has 0 aliphatic rings. The van der Waals surface area contributed by atoms with Crippen molar-refractivity contribution in [1.82, 2.24) is 0 Å².